The van der Waals surface area contributed by atoms with Crippen LogP contribution in [0.3, 0.4) is 0 Å². The first-order valence-electron chi connectivity index (χ1n) is 9.30. The van der Waals surface area contributed by atoms with E-state index in [4.69, 9.17) is 21.1 Å². The minimum atomic E-state index is 0.207. The maximum atomic E-state index is 12.5. The molecule has 0 aliphatic carbocycles. The van der Waals surface area contributed by atoms with Crippen LogP contribution in [0.25, 0.3) is 0 Å². The van der Waals surface area contributed by atoms with Crippen LogP contribution in [-0.4, -0.2) is 55.1 Å². The molecule has 0 N–H and O–H groups in total. The van der Waals surface area contributed by atoms with Gasteiger partial charge in [0.05, 0.1) is 5.02 Å². The Bertz CT molecular complexity index is 638. The molecule has 25 heavy (non-hydrogen) atoms. The van der Waals surface area contributed by atoms with E-state index in [9.17, 15) is 4.79 Å². The number of hydrogen-bond acceptors (Lipinski definition) is 4. The molecule has 0 atom stereocenters. The van der Waals surface area contributed by atoms with Crippen molar-refractivity contribution in [2.45, 2.75) is 32.2 Å². The number of nitrogens with zero attached hydrogens (tertiary/aromatic N) is 2. The SMILES string of the molecule is O=C(C1CCN(Cc2cc(Cl)c3c(c2)OCCO3)CC1)N1CCCC1. The topological polar surface area (TPSA) is 42.0 Å². The van der Waals surface area contributed by atoms with E-state index in [0.717, 1.165) is 69.7 Å². The Morgan fingerprint density at radius 1 is 1.08 bits per heavy atom. The number of carbonyl (C=O) groups excluding carboxylic acids is 1. The standard InChI is InChI=1S/C19H25ClN2O3/c20-16-11-14(12-17-18(16)25-10-9-24-17)13-21-7-3-15(4-8-21)19(23)22-5-1-2-6-22/h11-12,15H,1-10,13H2. The smallest absolute Gasteiger partial charge is 0.225 e. The second-order valence-electron chi connectivity index (χ2n) is 7.18. The summed E-state index contributed by atoms with van der Waals surface area (Å²) in [5.41, 5.74) is 1.14. The molecule has 1 aromatic carbocycles. The Kier molecular flexibility index (Phi) is 5.04. The van der Waals surface area contributed by atoms with Gasteiger partial charge in [-0.25, -0.2) is 0 Å². The second kappa shape index (κ2) is 7.42. The van der Waals surface area contributed by atoms with Gasteiger partial charge in [-0.05, 0) is 56.5 Å². The van der Waals surface area contributed by atoms with E-state index < -0.39 is 0 Å². The summed E-state index contributed by atoms with van der Waals surface area (Å²) < 4.78 is 11.2. The van der Waals surface area contributed by atoms with E-state index >= 15 is 0 Å². The summed E-state index contributed by atoms with van der Waals surface area (Å²) in [6.45, 7) is 5.76. The van der Waals surface area contributed by atoms with E-state index in [2.05, 4.69) is 9.80 Å². The molecule has 136 valence electrons. The molecule has 1 amide bonds. The van der Waals surface area contributed by atoms with Gasteiger partial charge in [0.1, 0.15) is 13.2 Å². The van der Waals surface area contributed by atoms with Crippen molar-refractivity contribution in [2.24, 2.45) is 5.92 Å². The van der Waals surface area contributed by atoms with Crippen LogP contribution in [0, 0.1) is 5.92 Å². The molecule has 3 aliphatic rings. The van der Waals surface area contributed by atoms with Gasteiger partial charge in [-0.15, -0.1) is 0 Å². The third-order valence-corrected chi connectivity index (χ3v) is 5.70. The number of benzene rings is 1. The lowest BCUT2D eigenvalue weighted by Gasteiger charge is -2.33. The number of rotatable bonds is 3. The van der Waals surface area contributed by atoms with E-state index in [-0.39, 0.29) is 5.92 Å². The normalized spacial score (nSPS) is 21.6. The van der Waals surface area contributed by atoms with Gasteiger partial charge in [-0.3, -0.25) is 9.69 Å². The van der Waals surface area contributed by atoms with Gasteiger partial charge < -0.3 is 14.4 Å². The third kappa shape index (κ3) is 3.72. The number of amides is 1. The van der Waals surface area contributed by atoms with Crippen molar-refractivity contribution in [1.29, 1.82) is 0 Å². The fraction of sp³-hybridized carbons (Fsp3) is 0.632. The van der Waals surface area contributed by atoms with Crippen LogP contribution in [0.2, 0.25) is 5.02 Å². The molecule has 1 aromatic rings. The Labute approximate surface area is 153 Å². The summed E-state index contributed by atoms with van der Waals surface area (Å²) in [5, 5.41) is 0.617. The van der Waals surface area contributed by atoms with Crippen LogP contribution in [0.1, 0.15) is 31.2 Å². The Balaban J connectivity index is 1.34. The summed E-state index contributed by atoms with van der Waals surface area (Å²) in [6.07, 6.45) is 4.23. The van der Waals surface area contributed by atoms with E-state index in [1.165, 1.54) is 0 Å². The zero-order valence-electron chi connectivity index (χ0n) is 14.5. The summed E-state index contributed by atoms with van der Waals surface area (Å²) in [6, 6.07) is 4.00. The van der Waals surface area contributed by atoms with Crippen LogP contribution >= 0.6 is 11.6 Å². The van der Waals surface area contributed by atoms with Crippen LogP contribution in [0.4, 0.5) is 0 Å². The zero-order valence-corrected chi connectivity index (χ0v) is 15.3. The molecular formula is C19H25ClN2O3. The van der Waals surface area contributed by atoms with Crippen molar-refractivity contribution in [3.8, 4) is 11.5 Å². The molecule has 3 aliphatic heterocycles. The van der Waals surface area contributed by atoms with E-state index in [0.29, 0.717) is 29.9 Å². The fourth-order valence-electron chi connectivity index (χ4n) is 4.05. The first-order chi connectivity index (χ1) is 12.2. The average molecular weight is 365 g/mol. The van der Waals surface area contributed by atoms with E-state index in [1.807, 2.05) is 12.1 Å². The number of piperidine rings is 1. The number of carbonyl (C=O) groups is 1. The maximum Gasteiger partial charge on any atom is 0.225 e. The summed E-state index contributed by atoms with van der Waals surface area (Å²) in [7, 11) is 0. The molecule has 0 spiro atoms. The molecule has 2 saturated heterocycles. The Morgan fingerprint density at radius 2 is 1.80 bits per heavy atom. The molecule has 0 aromatic heterocycles. The lowest BCUT2D eigenvalue weighted by Crippen LogP contribution is -2.41. The van der Waals surface area contributed by atoms with Gasteiger partial charge in [0, 0.05) is 25.6 Å². The quantitative estimate of drug-likeness (QED) is 0.827. The van der Waals surface area contributed by atoms with Crippen LogP contribution in [-0.2, 0) is 11.3 Å². The molecule has 5 nitrogen and oxygen atoms in total. The Morgan fingerprint density at radius 3 is 2.56 bits per heavy atom. The van der Waals surface area contributed by atoms with Gasteiger partial charge in [0.15, 0.2) is 11.5 Å². The van der Waals surface area contributed by atoms with Gasteiger partial charge in [-0.1, -0.05) is 11.6 Å². The van der Waals surface area contributed by atoms with Crippen LogP contribution in [0.15, 0.2) is 12.1 Å². The number of halogens is 1. The highest BCUT2D eigenvalue weighted by Crippen LogP contribution is 2.38. The van der Waals surface area contributed by atoms with Gasteiger partial charge in [-0.2, -0.15) is 0 Å². The van der Waals surface area contributed by atoms with Crippen molar-refractivity contribution in [1.82, 2.24) is 9.80 Å². The molecule has 3 heterocycles. The monoisotopic (exact) mass is 364 g/mol. The number of ether oxygens (including phenoxy) is 2. The predicted octanol–water partition coefficient (Wildman–Crippen LogP) is 2.95. The van der Waals surface area contributed by atoms with Crippen molar-refractivity contribution in [3.05, 3.63) is 22.7 Å². The highest BCUT2D eigenvalue weighted by Gasteiger charge is 2.30. The van der Waals surface area contributed by atoms with Crippen molar-refractivity contribution >= 4 is 17.5 Å². The molecule has 4 rings (SSSR count). The van der Waals surface area contributed by atoms with Crippen molar-refractivity contribution < 1.29 is 14.3 Å². The van der Waals surface area contributed by atoms with Gasteiger partial charge in [0.25, 0.3) is 0 Å². The largest absolute Gasteiger partial charge is 0.486 e. The summed E-state index contributed by atoms with van der Waals surface area (Å²) in [5.74, 6) is 1.98. The number of fused-ring (bicyclic) bond motifs is 1. The predicted molar refractivity (Wildman–Crippen MR) is 96.3 cm³/mol. The minimum absolute atomic E-state index is 0.207. The highest BCUT2D eigenvalue weighted by molar-refractivity contribution is 6.32. The van der Waals surface area contributed by atoms with Crippen molar-refractivity contribution in [2.75, 3.05) is 39.4 Å². The molecule has 0 unspecified atom stereocenters. The molecular weight excluding hydrogens is 340 g/mol. The average Bonchev–Trinajstić information content (AvgIpc) is 3.16. The first kappa shape index (κ1) is 17.0. The molecule has 2 fully saturated rings. The number of likely N-dealkylation sites (tertiary alicyclic amines) is 2. The molecule has 0 bridgehead atoms. The van der Waals surface area contributed by atoms with Gasteiger partial charge >= 0.3 is 0 Å². The lowest BCUT2D eigenvalue weighted by atomic mass is 9.95. The van der Waals surface area contributed by atoms with Crippen molar-refractivity contribution in [3.63, 3.8) is 0 Å². The van der Waals surface area contributed by atoms with Crippen LogP contribution in [0.5, 0.6) is 11.5 Å². The third-order valence-electron chi connectivity index (χ3n) is 5.42. The molecule has 0 radical (unpaired) electrons. The molecule has 6 heteroatoms. The lowest BCUT2D eigenvalue weighted by molar-refractivity contribution is -0.136. The summed E-state index contributed by atoms with van der Waals surface area (Å²) in [4.78, 5) is 17.0. The van der Waals surface area contributed by atoms with Gasteiger partial charge in [0.2, 0.25) is 5.91 Å². The number of hydrogen-bond donors (Lipinski definition) is 0. The zero-order chi connectivity index (χ0) is 17.2. The molecule has 0 saturated carbocycles. The van der Waals surface area contributed by atoms with Crippen LogP contribution < -0.4 is 9.47 Å². The maximum absolute atomic E-state index is 12.5. The minimum Gasteiger partial charge on any atom is -0.486 e. The second-order valence-corrected chi connectivity index (χ2v) is 7.59. The first-order valence-corrected chi connectivity index (χ1v) is 9.67. The Hall–Kier alpha value is -1.46. The summed E-state index contributed by atoms with van der Waals surface area (Å²) >= 11 is 6.33. The van der Waals surface area contributed by atoms with E-state index in [1.54, 1.807) is 0 Å². The highest BCUT2D eigenvalue weighted by atomic mass is 35.5. The fourth-order valence-corrected chi connectivity index (χ4v) is 4.34.